The van der Waals surface area contributed by atoms with Crippen molar-refractivity contribution < 1.29 is 14.3 Å². The molecule has 34 heavy (non-hydrogen) atoms. The van der Waals surface area contributed by atoms with Gasteiger partial charge in [0, 0.05) is 35.6 Å². The van der Waals surface area contributed by atoms with Crippen LogP contribution < -0.4 is 5.32 Å². The highest BCUT2D eigenvalue weighted by Crippen LogP contribution is 2.22. The summed E-state index contributed by atoms with van der Waals surface area (Å²) in [4.78, 5) is 29.6. The Hall–Kier alpha value is -4.20. The van der Waals surface area contributed by atoms with Gasteiger partial charge in [-0.05, 0) is 56.5 Å². The van der Waals surface area contributed by atoms with Crippen molar-refractivity contribution in [3.63, 3.8) is 0 Å². The van der Waals surface area contributed by atoms with Gasteiger partial charge in [0.25, 0.3) is 5.91 Å². The number of amides is 1. The smallest absolute Gasteiger partial charge is 0.306 e. The van der Waals surface area contributed by atoms with Crippen LogP contribution in [-0.4, -0.2) is 37.7 Å². The summed E-state index contributed by atoms with van der Waals surface area (Å²) in [6, 6.07) is 17.0. The zero-order valence-corrected chi connectivity index (χ0v) is 19.2. The van der Waals surface area contributed by atoms with Crippen LogP contribution in [0.15, 0.2) is 73.2 Å². The number of anilines is 1. The highest BCUT2D eigenvalue weighted by atomic mass is 16.5. The van der Waals surface area contributed by atoms with Crippen molar-refractivity contribution in [2.24, 2.45) is 0 Å². The number of imidazole rings is 1. The van der Waals surface area contributed by atoms with Crippen LogP contribution in [0.1, 0.15) is 42.7 Å². The molecule has 0 saturated carbocycles. The monoisotopic (exact) mass is 457 g/mol. The lowest BCUT2D eigenvalue weighted by Crippen LogP contribution is -2.15. The zero-order chi connectivity index (χ0) is 23.9. The van der Waals surface area contributed by atoms with Crippen molar-refractivity contribution >= 4 is 17.8 Å². The number of benzene rings is 2. The Morgan fingerprint density at radius 1 is 1.09 bits per heavy atom. The summed E-state index contributed by atoms with van der Waals surface area (Å²) in [5.74, 6) is -0.0617. The first-order valence-corrected chi connectivity index (χ1v) is 11.2. The number of carbonyl (C=O) groups is 2. The summed E-state index contributed by atoms with van der Waals surface area (Å²) in [6.45, 7) is 3.67. The third-order valence-corrected chi connectivity index (χ3v) is 5.15. The summed E-state index contributed by atoms with van der Waals surface area (Å²) in [7, 11) is 0. The van der Waals surface area contributed by atoms with E-state index in [1.54, 1.807) is 18.5 Å². The first-order valence-electron chi connectivity index (χ1n) is 11.2. The van der Waals surface area contributed by atoms with E-state index in [1.807, 2.05) is 73.1 Å². The maximum absolute atomic E-state index is 13.1. The Kier molecular flexibility index (Phi) is 7.17. The maximum atomic E-state index is 13.1. The average Bonchev–Trinajstić information content (AvgIpc) is 3.50. The number of aryl methyl sites for hydroxylation is 1. The molecule has 2 heterocycles. The van der Waals surface area contributed by atoms with Crippen molar-refractivity contribution in [2.75, 3.05) is 5.32 Å². The molecular formula is C26H27N5O3. The van der Waals surface area contributed by atoms with E-state index in [1.165, 1.54) is 0 Å². The number of aromatic nitrogens is 4. The first kappa shape index (κ1) is 23.0. The second kappa shape index (κ2) is 10.6. The van der Waals surface area contributed by atoms with Gasteiger partial charge in [-0.15, -0.1) is 0 Å². The van der Waals surface area contributed by atoms with Gasteiger partial charge in [0.2, 0.25) is 5.95 Å². The van der Waals surface area contributed by atoms with E-state index in [2.05, 4.69) is 20.5 Å². The van der Waals surface area contributed by atoms with Crippen molar-refractivity contribution in [3.05, 3.63) is 84.4 Å². The van der Waals surface area contributed by atoms with Gasteiger partial charge in [-0.1, -0.05) is 30.3 Å². The van der Waals surface area contributed by atoms with Crippen LogP contribution in [0.3, 0.4) is 0 Å². The number of esters is 1. The fourth-order valence-electron chi connectivity index (χ4n) is 3.58. The van der Waals surface area contributed by atoms with Crippen LogP contribution >= 0.6 is 0 Å². The lowest BCUT2D eigenvalue weighted by atomic mass is 10.1. The second-order valence-corrected chi connectivity index (χ2v) is 8.18. The largest absolute Gasteiger partial charge is 0.463 e. The van der Waals surface area contributed by atoms with E-state index < -0.39 is 0 Å². The number of carbonyl (C=O) groups excluding carboxylic acids is 2. The molecule has 2 aromatic heterocycles. The molecule has 0 atom stereocenters. The number of H-pyrrole nitrogens is 1. The predicted octanol–water partition coefficient (Wildman–Crippen LogP) is 4.79. The Morgan fingerprint density at radius 2 is 1.91 bits per heavy atom. The molecule has 174 valence electrons. The van der Waals surface area contributed by atoms with Gasteiger partial charge in [0.05, 0.1) is 18.0 Å². The van der Waals surface area contributed by atoms with Crippen LogP contribution in [-0.2, 0) is 16.0 Å². The fraction of sp³-hybridized carbons (Fsp3) is 0.231. The zero-order valence-electron chi connectivity index (χ0n) is 19.2. The van der Waals surface area contributed by atoms with Gasteiger partial charge in [-0.25, -0.2) is 4.98 Å². The Bertz CT molecular complexity index is 1250. The minimum absolute atomic E-state index is 0.126. The summed E-state index contributed by atoms with van der Waals surface area (Å²) in [6.07, 6.45) is 6.77. The molecule has 2 N–H and O–H groups in total. The van der Waals surface area contributed by atoms with Gasteiger partial charge in [0.15, 0.2) is 0 Å². The lowest BCUT2D eigenvalue weighted by Gasteiger charge is -2.09. The highest BCUT2D eigenvalue weighted by molar-refractivity contribution is 6.04. The molecule has 0 saturated heterocycles. The Balaban J connectivity index is 1.52. The van der Waals surface area contributed by atoms with Crippen LogP contribution in [0.25, 0.3) is 16.8 Å². The van der Waals surface area contributed by atoms with Crippen molar-refractivity contribution in [1.29, 1.82) is 0 Å². The van der Waals surface area contributed by atoms with Gasteiger partial charge >= 0.3 is 5.97 Å². The molecule has 0 aliphatic carbocycles. The van der Waals surface area contributed by atoms with E-state index in [9.17, 15) is 9.59 Å². The molecule has 0 radical (unpaired) electrons. The molecule has 0 unspecified atom stereocenters. The number of para-hydroxylation sites is 1. The average molecular weight is 458 g/mol. The minimum Gasteiger partial charge on any atom is -0.463 e. The first-order chi connectivity index (χ1) is 16.5. The molecular weight excluding hydrogens is 430 g/mol. The van der Waals surface area contributed by atoms with Gasteiger partial charge < -0.3 is 4.74 Å². The SMILES string of the molecule is CC(C)OC(=O)CCCc1cn(-c2ccccc2)c(NC(=O)c2cccc(-c3cn[nH]c3)c2)n1. The molecule has 0 spiro atoms. The van der Waals surface area contributed by atoms with E-state index in [0.29, 0.717) is 30.8 Å². The molecule has 8 heteroatoms. The maximum Gasteiger partial charge on any atom is 0.306 e. The van der Waals surface area contributed by atoms with Crippen LogP contribution in [0.2, 0.25) is 0 Å². The number of hydrogen-bond acceptors (Lipinski definition) is 5. The fourth-order valence-corrected chi connectivity index (χ4v) is 3.58. The number of hydrogen-bond donors (Lipinski definition) is 2. The van der Waals surface area contributed by atoms with Gasteiger partial charge in [0.1, 0.15) is 0 Å². The molecule has 1 amide bonds. The number of aromatic amines is 1. The molecule has 8 nitrogen and oxygen atoms in total. The molecule has 0 fully saturated rings. The molecule has 0 bridgehead atoms. The molecule has 2 aromatic carbocycles. The quantitative estimate of drug-likeness (QED) is 0.352. The Labute approximate surface area is 198 Å². The van der Waals surface area contributed by atoms with Crippen LogP contribution in [0, 0.1) is 0 Å². The molecule has 4 rings (SSSR count). The van der Waals surface area contributed by atoms with Gasteiger partial charge in [-0.3, -0.25) is 24.6 Å². The number of nitrogens with zero attached hydrogens (tertiary/aromatic N) is 3. The third kappa shape index (κ3) is 5.78. The number of nitrogens with one attached hydrogen (secondary N) is 2. The summed E-state index contributed by atoms with van der Waals surface area (Å²) in [5, 5.41) is 9.70. The molecule has 4 aromatic rings. The van der Waals surface area contributed by atoms with Crippen LogP contribution in [0.5, 0.6) is 0 Å². The normalized spacial score (nSPS) is 10.9. The van der Waals surface area contributed by atoms with Crippen molar-refractivity contribution in [2.45, 2.75) is 39.2 Å². The summed E-state index contributed by atoms with van der Waals surface area (Å²) in [5.41, 5.74) is 3.96. The summed E-state index contributed by atoms with van der Waals surface area (Å²) >= 11 is 0. The predicted molar refractivity (Wildman–Crippen MR) is 130 cm³/mol. The van der Waals surface area contributed by atoms with E-state index in [0.717, 1.165) is 22.5 Å². The van der Waals surface area contributed by atoms with E-state index in [-0.39, 0.29) is 18.0 Å². The minimum atomic E-state index is -0.264. The van der Waals surface area contributed by atoms with E-state index in [4.69, 9.17) is 4.74 Å². The van der Waals surface area contributed by atoms with Crippen LogP contribution in [0.4, 0.5) is 5.95 Å². The standard InChI is InChI=1S/C26H27N5O3/c1-18(2)34-24(32)13-7-10-22-17-31(23-11-4-3-5-12-23)26(29-22)30-25(33)20-9-6-8-19(14-20)21-15-27-28-16-21/h3-6,8-9,11-12,14-18H,7,10,13H2,1-2H3,(H,27,28)(H,29,30,33). The van der Waals surface area contributed by atoms with Gasteiger partial charge in [-0.2, -0.15) is 5.10 Å². The topological polar surface area (TPSA) is 102 Å². The molecule has 0 aliphatic heterocycles. The van der Waals surface area contributed by atoms with Crippen molar-refractivity contribution in [1.82, 2.24) is 19.7 Å². The lowest BCUT2D eigenvalue weighted by molar-refractivity contribution is -0.147. The summed E-state index contributed by atoms with van der Waals surface area (Å²) < 4.78 is 7.04. The van der Waals surface area contributed by atoms with E-state index >= 15 is 0 Å². The Morgan fingerprint density at radius 3 is 2.65 bits per heavy atom. The number of ether oxygens (including phenoxy) is 1. The third-order valence-electron chi connectivity index (χ3n) is 5.15. The van der Waals surface area contributed by atoms with Crippen molar-refractivity contribution in [3.8, 4) is 16.8 Å². The number of rotatable bonds is 9. The second-order valence-electron chi connectivity index (χ2n) is 8.18. The molecule has 0 aliphatic rings. The highest BCUT2D eigenvalue weighted by Gasteiger charge is 2.15.